The summed E-state index contributed by atoms with van der Waals surface area (Å²) in [6, 6.07) is 8.69. The highest BCUT2D eigenvalue weighted by Gasteiger charge is 2.15. The number of benzene rings is 2. The Labute approximate surface area is 147 Å². The highest BCUT2D eigenvalue weighted by molar-refractivity contribution is 9.10. The molecule has 1 amide bonds. The maximum atomic E-state index is 13.6. The highest BCUT2D eigenvalue weighted by Crippen LogP contribution is 2.22. The first-order valence-corrected chi connectivity index (χ1v) is 8.07. The number of ether oxygens (including phenoxy) is 1. The van der Waals surface area contributed by atoms with Crippen LogP contribution < -0.4 is 15.0 Å². The molecule has 1 unspecified atom stereocenters. The van der Waals surface area contributed by atoms with Gasteiger partial charge in [-0.25, -0.2) is 8.78 Å². The summed E-state index contributed by atoms with van der Waals surface area (Å²) in [5.41, 5.74) is 0.916. The zero-order valence-electron chi connectivity index (χ0n) is 13.3. The van der Waals surface area contributed by atoms with E-state index < -0.39 is 11.6 Å². The molecule has 0 aliphatic carbocycles. The van der Waals surface area contributed by atoms with Crippen molar-refractivity contribution in [1.82, 2.24) is 0 Å². The Bertz CT molecular complexity index is 741. The van der Waals surface area contributed by atoms with E-state index in [0.29, 0.717) is 6.54 Å². The lowest BCUT2D eigenvalue weighted by Crippen LogP contribution is -3.08. The molecule has 1 atom stereocenters. The highest BCUT2D eigenvalue weighted by atomic mass is 79.9. The molecule has 0 radical (unpaired) electrons. The van der Waals surface area contributed by atoms with Crippen LogP contribution in [0.5, 0.6) is 5.75 Å². The van der Waals surface area contributed by atoms with Crippen molar-refractivity contribution in [2.24, 2.45) is 0 Å². The number of likely N-dealkylation sites (N-methyl/N-ethyl adjacent to an activating group) is 1. The molecule has 7 heteroatoms. The summed E-state index contributed by atoms with van der Waals surface area (Å²) in [7, 11) is 3.44. The largest absolute Gasteiger partial charge is 0.496 e. The maximum Gasteiger partial charge on any atom is 0.279 e. The quantitative estimate of drug-likeness (QED) is 0.782. The third-order valence-corrected chi connectivity index (χ3v) is 3.90. The van der Waals surface area contributed by atoms with Crippen LogP contribution in [0.15, 0.2) is 40.9 Å². The van der Waals surface area contributed by atoms with Gasteiger partial charge < -0.3 is 15.0 Å². The van der Waals surface area contributed by atoms with Crippen LogP contribution in [0.1, 0.15) is 5.56 Å². The lowest BCUT2D eigenvalue weighted by molar-refractivity contribution is -0.885. The number of amides is 1. The van der Waals surface area contributed by atoms with Gasteiger partial charge in [-0.05, 0) is 30.3 Å². The molecule has 0 aromatic heterocycles. The number of methoxy groups -OCH3 is 1. The number of anilines is 1. The predicted octanol–water partition coefficient (Wildman–Crippen LogP) is 2.39. The summed E-state index contributed by atoms with van der Waals surface area (Å²) in [4.78, 5) is 12.9. The molecule has 0 saturated heterocycles. The summed E-state index contributed by atoms with van der Waals surface area (Å²) in [5.74, 6) is -1.10. The minimum absolute atomic E-state index is 0.0331. The minimum atomic E-state index is -0.797. The van der Waals surface area contributed by atoms with E-state index >= 15 is 0 Å². The molecule has 0 saturated carbocycles. The topological polar surface area (TPSA) is 42.8 Å². The second kappa shape index (κ2) is 8.21. The van der Waals surface area contributed by atoms with Gasteiger partial charge in [-0.15, -0.1) is 0 Å². The summed E-state index contributed by atoms with van der Waals surface area (Å²) in [6.07, 6.45) is 0. The second-order valence-electron chi connectivity index (χ2n) is 5.44. The number of carbonyl (C=O) groups excluding carboxylic acids is 1. The summed E-state index contributed by atoms with van der Waals surface area (Å²) < 4.78 is 32.7. The zero-order chi connectivity index (χ0) is 17.7. The van der Waals surface area contributed by atoms with Crippen molar-refractivity contribution in [3.8, 4) is 5.75 Å². The van der Waals surface area contributed by atoms with E-state index in [9.17, 15) is 13.6 Å². The maximum absolute atomic E-state index is 13.6. The number of nitrogens with one attached hydrogen (secondary N) is 2. The van der Waals surface area contributed by atoms with Crippen molar-refractivity contribution in [2.45, 2.75) is 6.54 Å². The smallest absolute Gasteiger partial charge is 0.279 e. The zero-order valence-corrected chi connectivity index (χ0v) is 14.9. The molecule has 0 fully saturated rings. The Morgan fingerprint density at radius 1 is 1.25 bits per heavy atom. The van der Waals surface area contributed by atoms with E-state index in [1.807, 2.05) is 25.2 Å². The van der Waals surface area contributed by atoms with Gasteiger partial charge in [0, 0.05) is 16.1 Å². The fraction of sp³-hybridized carbons (Fsp3) is 0.235. The van der Waals surface area contributed by atoms with Crippen molar-refractivity contribution in [3.05, 3.63) is 58.1 Å². The summed E-state index contributed by atoms with van der Waals surface area (Å²) in [6.45, 7) is 0.689. The molecule has 0 bridgehead atoms. The first-order valence-electron chi connectivity index (χ1n) is 7.27. The third kappa shape index (κ3) is 5.01. The molecule has 2 rings (SSSR count). The Balaban J connectivity index is 1.98. The van der Waals surface area contributed by atoms with Gasteiger partial charge in [0.25, 0.3) is 5.91 Å². The average molecular weight is 400 g/mol. The van der Waals surface area contributed by atoms with Crippen LogP contribution in [-0.2, 0) is 11.3 Å². The van der Waals surface area contributed by atoms with Gasteiger partial charge in [-0.3, -0.25) is 4.79 Å². The van der Waals surface area contributed by atoms with Gasteiger partial charge in [0.1, 0.15) is 23.9 Å². The minimum Gasteiger partial charge on any atom is -0.496 e. The van der Waals surface area contributed by atoms with E-state index in [2.05, 4.69) is 21.2 Å². The first kappa shape index (κ1) is 18.4. The van der Waals surface area contributed by atoms with Crippen molar-refractivity contribution < 1.29 is 23.2 Å². The van der Waals surface area contributed by atoms with Crippen molar-refractivity contribution in [2.75, 3.05) is 26.0 Å². The monoisotopic (exact) mass is 399 g/mol. The number of hydrogen-bond acceptors (Lipinski definition) is 2. The lowest BCUT2D eigenvalue weighted by atomic mass is 10.2. The van der Waals surface area contributed by atoms with Crippen LogP contribution in [0.4, 0.5) is 14.5 Å². The van der Waals surface area contributed by atoms with Crippen LogP contribution in [-0.4, -0.2) is 26.6 Å². The van der Waals surface area contributed by atoms with Gasteiger partial charge in [0.05, 0.1) is 19.8 Å². The van der Waals surface area contributed by atoms with E-state index in [-0.39, 0.29) is 18.1 Å². The normalized spacial score (nSPS) is 11.9. The Kier molecular flexibility index (Phi) is 6.28. The molecule has 4 nitrogen and oxygen atoms in total. The van der Waals surface area contributed by atoms with Crippen molar-refractivity contribution in [3.63, 3.8) is 0 Å². The molecular formula is C17H18BrF2N2O2+. The third-order valence-electron chi connectivity index (χ3n) is 3.40. The Morgan fingerprint density at radius 2 is 2.00 bits per heavy atom. The average Bonchev–Trinajstić information content (AvgIpc) is 2.50. The van der Waals surface area contributed by atoms with Gasteiger partial charge >= 0.3 is 0 Å². The molecule has 0 aliphatic heterocycles. The van der Waals surface area contributed by atoms with E-state index in [4.69, 9.17) is 4.74 Å². The van der Waals surface area contributed by atoms with Gasteiger partial charge in [0.15, 0.2) is 6.54 Å². The van der Waals surface area contributed by atoms with Crippen LogP contribution >= 0.6 is 15.9 Å². The SMILES string of the molecule is COc1ccc(Br)cc1C[NH+](C)CC(=O)Nc1ccc(F)cc1F. The van der Waals surface area contributed by atoms with Gasteiger partial charge in [-0.1, -0.05) is 15.9 Å². The molecule has 0 aliphatic rings. The van der Waals surface area contributed by atoms with Gasteiger partial charge in [0.2, 0.25) is 0 Å². The van der Waals surface area contributed by atoms with E-state index in [1.54, 1.807) is 7.11 Å². The van der Waals surface area contributed by atoms with Crippen molar-refractivity contribution >= 4 is 27.5 Å². The molecule has 2 aromatic rings. The molecule has 0 heterocycles. The lowest BCUT2D eigenvalue weighted by Gasteiger charge is -2.16. The molecule has 0 spiro atoms. The number of halogens is 3. The van der Waals surface area contributed by atoms with E-state index in [1.165, 1.54) is 6.07 Å². The van der Waals surface area contributed by atoms with Crippen LogP contribution in [0, 0.1) is 11.6 Å². The van der Waals surface area contributed by atoms with Crippen LogP contribution in [0.2, 0.25) is 0 Å². The fourth-order valence-corrected chi connectivity index (χ4v) is 2.74. The summed E-state index contributed by atoms with van der Waals surface area (Å²) in [5, 5.41) is 2.45. The Morgan fingerprint density at radius 3 is 2.67 bits per heavy atom. The van der Waals surface area contributed by atoms with Crippen LogP contribution in [0.25, 0.3) is 0 Å². The fourth-order valence-electron chi connectivity index (χ4n) is 2.33. The standard InChI is InChI=1S/C17H17BrF2N2O2/c1-22(9-11-7-12(18)3-6-16(11)24-2)10-17(23)21-15-5-4-13(19)8-14(15)20/h3-8H,9-10H2,1-2H3,(H,21,23)/p+1. The van der Waals surface area contributed by atoms with E-state index in [0.717, 1.165) is 32.8 Å². The first-order chi connectivity index (χ1) is 11.4. The molecule has 2 aromatic carbocycles. The Hall–Kier alpha value is -1.99. The number of rotatable bonds is 6. The molecule has 128 valence electrons. The second-order valence-corrected chi connectivity index (χ2v) is 6.35. The number of carbonyl (C=O) groups is 1. The van der Waals surface area contributed by atoms with Crippen LogP contribution in [0.3, 0.4) is 0 Å². The predicted molar refractivity (Wildman–Crippen MR) is 91.1 cm³/mol. The molecule has 24 heavy (non-hydrogen) atoms. The number of hydrogen-bond donors (Lipinski definition) is 2. The van der Waals surface area contributed by atoms with Gasteiger partial charge in [-0.2, -0.15) is 0 Å². The van der Waals surface area contributed by atoms with Crippen molar-refractivity contribution in [1.29, 1.82) is 0 Å². The molecular weight excluding hydrogens is 382 g/mol. The summed E-state index contributed by atoms with van der Waals surface area (Å²) >= 11 is 3.41. The number of quaternary nitrogens is 1. The molecule has 2 N–H and O–H groups in total.